The lowest BCUT2D eigenvalue weighted by Gasteiger charge is -2.11. The van der Waals surface area contributed by atoms with E-state index in [1.54, 1.807) is 18.3 Å². The van der Waals surface area contributed by atoms with Crippen LogP contribution in [-0.2, 0) is 0 Å². The molecule has 0 aliphatic heterocycles. The molecule has 0 spiro atoms. The molecule has 5 heteroatoms. The molecule has 0 fully saturated rings. The fourth-order valence-corrected chi connectivity index (χ4v) is 2.36. The maximum absolute atomic E-state index is 6.16. The summed E-state index contributed by atoms with van der Waals surface area (Å²) in [6, 6.07) is 15.3. The molecule has 1 N–H and O–H groups in total. The summed E-state index contributed by atoms with van der Waals surface area (Å²) in [5.41, 5.74) is 1.79. The third-order valence-electron chi connectivity index (χ3n) is 2.85. The summed E-state index contributed by atoms with van der Waals surface area (Å²) in [6.07, 6.45) is 3.63. The van der Waals surface area contributed by atoms with E-state index in [4.69, 9.17) is 23.2 Å². The average Bonchev–Trinajstić information content (AvgIpc) is 2.91. The van der Waals surface area contributed by atoms with Gasteiger partial charge < -0.3 is 5.32 Å². The fraction of sp³-hybridized carbons (Fsp3) is 0. The van der Waals surface area contributed by atoms with E-state index in [1.807, 2.05) is 47.2 Å². The Kier molecular flexibility index (Phi) is 3.63. The highest BCUT2D eigenvalue weighted by atomic mass is 35.5. The Hall–Kier alpha value is -1.97. The van der Waals surface area contributed by atoms with E-state index in [2.05, 4.69) is 10.3 Å². The van der Waals surface area contributed by atoms with E-state index in [1.165, 1.54) is 0 Å². The summed E-state index contributed by atoms with van der Waals surface area (Å²) in [4.78, 5) is 4.31. The summed E-state index contributed by atoms with van der Waals surface area (Å²) in [6.45, 7) is 0. The SMILES string of the molecule is Clc1ccc(Nc2nccn2-c2ccccc2)c(Cl)c1. The molecular formula is C15H11Cl2N3. The molecule has 2 aromatic carbocycles. The molecule has 1 heterocycles. The monoisotopic (exact) mass is 303 g/mol. The van der Waals surface area contributed by atoms with Gasteiger partial charge in [0, 0.05) is 23.1 Å². The van der Waals surface area contributed by atoms with Crippen LogP contribution in [0, 0.1) is 0 Å². The van der Waals surface area contributed by atoms with Crippen LogP contribution >= 0.6 is 23.2 Å². The van der Waals surface area contributed by atoms with Gasteiger partial charge in [0.25, 0.3) is 0 Å². The highest BCUT2D eigenvalue weighted by molar-refractivity contribution is 6.36. The topological polar surface area (TPSA) is 29.9 Å². The van der Waals surface area contributed by atoms with Crippen LogP contribution in [0.5, 0.6) is 0 Å². The van der Waals surface area contributed by atoms with Crippen LogP contribution in [0.15, 0.2) is 60.9 Å². The molecule has 3 aromatic rings. The molecule has 0 saturated carbocycles. The summed E-state index contributed by atoms with van der Waals surface area (Å²) in [5, 5.41) is 4.37. The molecule has 0 unspecified atom stereocenters. The Morgan fingerprint density at radius 1 is 1.00 bits per heavy atom. The molecule has 0 atom stereocenters. The minimum absolute atomic E-state index is 0.556. The zero-order chi connectivity index (χ0) is 13.9. The molecule has 3 nitrogen and oxygen atoms in total. The van der Waals surface area contributed by atoms with Gasteiger partial charge in [-0.3, -0.25) is 4.57 Å². The zero-order valence-electron chi connectivity index (χ0n) is 10.4. The number of benzene rings is 2. The van der Waals surface area contributed by atoms with Gasteiger partial charge in [0.2, 0.25) is 5.95 Å². The number of hydrogen-bond acceptors (Lipinski definition) is 2. The van der Waals surface area contributed by atoms with Gasteiger partial charge in [-0.25, -0.2) is 4.98 Å². The highest BCUT2D eigenvalue weighted by Gasteiger charge is 2.07. The maximum Gasteiger partial charge on any atom is 0.212 e. The van der Waals surface area contributed by atoms with Gasteiger partial charge in [-0.05, 0) is 30.3 Å². The molecule has 0 bridgehead atoms. The van der Waals surface area contributed by atoms with Gasteiger partial charge in [0.15, 0.2) is 0 Å². The Labute approximate surface area is 126 Å². The highest BCUT2D eigenvalue weighted by Crippen LogP contribution is 2.28. The number of anilines is 2. The van der Waals surface area contributed by atoms with Crippen LogP contribution in [0.3, 0.4) is 0 Å². The van der Waals surface area contributed by atoms with Crippen molar-refractivity contribution in [3.05, 3.63) is 71.0 Å². The Morgan fingerprint density at radius 2 is 1.80 bits per heavy atom. The summed E-state index contributed by atoms with van der Waals surface area (Å²) < 4.78 is 1.95. The number of halogens is 2. The minimum Gasteiger partial charge on any atom is -0.324 e. The largest absolute Gasteiger partial charge is 0.324 e. The Balaban J connectivity index is 1.95. The van der Waals surface area contributed by atoms with E-state index in [9.17, 15) is 0 Å². The lowest BCUT2D eigenvalue weighted by atomic mass is 10.3. The standard InChI is InChI=1S/C15H11Cl2N3/c16-11-6-7-14(13(17)10-11)19-15-18-8-9-20(15)12-4-2-1-3-5-12/h1-10H,(H,18,19). The number of para-hydroxylation sites is 1. The second-order valence-electron chi connectivity index (χ2n) is 4.21. The summed E-state index contributed by atoms with van der Waals surface area (Å²) in [5.74, 6) is 0.695. The lowest BCUT2D eigenvalue weighted by molar-refractivity contribution is 1.06. The maximum atomic E-state index is 6.16. The van der Waals surface area contributed by atoms with Crippen LogP contribution < -0.4 is 5.32 Å². The first-order valence-electron chi connectivity index (χ1n) is 6.05. The molecule has 0 aliphatic carbocycles. The third-order valence-corrected chi connectivity index (χ3v) is 3.40. The van der Waals surface area contributed by atoms with Crippen molar-refractivity contribution in [1.29, 1.82) is 0 Å². The fourth-order valence-electron chi connectivity index (χ4n) is 1.90. The molecule has 0 amide bonds. The van der Waals surface area contributed by atoms with E-state index in [0.717, 1.165) is 11.4 Å². The zero-order valence-corrected chi connectivity index (χ0v) is 11.9. The first kappa shape index (κ1) is 13.0. The Morgan fingerprint density at radius 3 is 2.55 bits per heavy atom. The van der Waals surface area contributed by atoms with E-state index >= 15 is 0 Å². The van der Waals surface area contributed by atoms with Crippen molar-refractivity contribution < 1.29 is 0 Å². The van der Waals surface area contributed by atoms with Crippen molar-refractivity contribution in [1.82, 2.24) is 9.55 Å². The van der Waals surface area contributed by atoms with Crippen LogP contribution in [0.4, 0.5) is 11.6 Å². The van der Waals surface area contributed by atoms with Crippen LogP contribution in [-0.4, -0.2) is 9.55 Å². The second-order valence-corrected chi connectivity index (χ2v) is 5.05. The lowest BCUT2D eigenvalue weighted by Crippen LogP contribution is -2.01. The first-order chi connectivity index (χ1) is 9.74. The van der Waals surface area contributed by atoms with Gasteiger partial charge in [-0.15, -0.1) is 0 Å². The van der Waals surface area contributed by atoms with Crippen molar-refractivity contribution in [3.63, 3.8) is 0 Å². The molecule has 0 aliphatic rings. The summed E-state index contributed by atoms with van der Waals surface area (Å²) >= 11 is 12.1. The van der Waals surface area contributed by atoms with Crippen molar-refractivity contribution >= 4 is 34.8 Å². The Bertz CT molecular complexity index is 723. The van der Waals surface area contributed by atoms with Gasteiger partial charge >= 0.3 is 0 Å². The smallest absolute Gasteiger partial charge is 0.212 e. The number of nitrogens with zero attached hydrogens (tertiary/aromatic N) is 2. The number of hydrogen-bond donors (Lipinski definition) is 1. The van der Waals surface area contributed by atoms with E-state index in [-0.39, 0.29) is 0 Å². The van der Waals surface area contributed by atoms with Crippen LogP contribution in [0.25, 0.3) is 5.69 Å². The molecule has 0 radical (unpaired) electrons. The average molecular weight is 304 g/mol. The molecular weight excluding hydrogens is 293 g/mol. The molecule has 1 aromatic heterocycles. The van der Waals surface area contributed by atoms with Crippen molar-refractivity contribution in [2.75, 3.05) is 5.32 Å². The predicted molar refractivity (Wildman–Crippen MR) is 83.3 cm³/mol. The minimum atomic E-state index is 0.556. The van der Waals surface area contributed by atoms with Crippen LogP contribution in [0.1, 0.15) is 0 Å². The number of aromatic nitrogens is 2. The summed E-state index contributed by atoms with van der Waals surface area (Å²) in [7, 11) is 0. The molecule has 3 rings (SSSR count). The normalized spacial score (nSPS) is 10.5. The van der Waals surface area contributed by atoms with Gasteiger partial charge in [-0.2, -0.15) is 0 Å². The quantitative estimate of drug-likeness (QED) is 0.744. The first-order valence-corrected chi connectivity index (χ1v) is 6.80. The van der Waals surface area contributed by atoms with Gasteiger partial charge in [0.05, 0.1) is 10.7 Å². The van der Waals surface area contributed by atoms with Crippen LogP contribution in [0.2, 0.25) is 10.0 Å². The van der Waals surface area contributed by atoms with E-state index in [0.29, 0.717) is 16.0 Å². The second kappa shape index (κ2) is 5.57. The van der Waals surface area contributed by atoms with Crippen molar-refractivity contribution in [3.8, 4) is 5.69 Å². The molecule has 20 heavy (non-hydrogen) atoms. The molecule has 100 valence electrons. The van der Waals surface area contributed by atoms with E-state index < -0.39 is 0 Å². The number of imidazole rings is 1. The van der Waals surface area contributed by atoms with Gasteiger partial charge in [0.1, 0.15) is 0 Å². The van der Waals surface area contributed by atoms with Crippen molar-refractivity contribution in [2.24, 2.45) is 0 Å². The number of nitrogens with one attached hydrogen (secondary N) is 1. The number of rotatable bonds is 3. The predicted octanol–water partition coefficient (Wildman–Crippen LogP) is 4.92. The van der Waals surface area contributed by atoms with Crippen molar-refractivity contribution in [2.45, 2.75) is 0 Å². The van der Waals surface area contributed by atoms with Gasteiger partial charge in [-0.1, -0.05) is 41.4 Å². The molecule has 0 saturated heterocycles. The third kappa shape index (κ3) is 2.64.